The minimum absolute atomic E-state index is 0.0465. The largest absolute Gasteiger partial charge is 0.319 e. The first-order chi connectivity index (χ1) is 10.3. The quantitative estimate of drug-likeness (QED) is 0.453. The van der Waals surface area contributed by atoms with Crippen molar-refractivity contribution in [1.29, 1.82) is 0 Å². The van der Waals surface area contributed by atoms with Gasteiger partial charge in [0, 0.05) is 18.8 Å². The van der Waals surface area contributed by atoms with Crippen LogP contribution in [0, 0.1) is 11.8 Å². The predicted molar refractivity (Wildman–Crippen MR) is 90.0 cm³/mol. The van der Waals surface area contributed by atoms with Crippen LogP contribution in [0.15, 0.2) is 0 Å². The summed E-state index contributed by atoms with van der Waals surface area (Å²) in [5, 5.41) is 0. The second-order valence-corrected chi connectivity index (χ2v) is 7.03. The predicted octanol–water partition coefficient (Wildman–Crippen LogP) is 5.00. The van der Waals surface area contributed by atoms with Crippen molar-refractivity contribution in [2.75, 3.05) is 13.2 Å². The number of hydrogen-bond acceptors (Lipinski definition) is 1. The van der Waals surface area contributed by atoms with Gasteiger partial charge < -0.3 is 4.74 Å². The van der Waals surface area contributed by atoms with Gasteiger partial charge in [-0.05, 0) is 32.6 Å². The van der Waals surface area contributed by atoms with Crippen molar-refractivity contribution in [1.82, 2.24) is 0 Å². The Hall–Kier alpha value is -0.370. The van der Waals surface area contributed by atoms with Gasteiger partial charge in [0.2, 0.25) is 0 Å². The average Bonchev–Trinajstić information content (AvgIpc) is 2.51. The molecule has 0 aromatic rings. The molecule has 0 bridgehead atoms. The van der Waals surface area contributed by atoms with Crippen LogP contribution >= 0.6 is 0 Å². The van der Waals surface area contributed by atoms with Gasteiger partial charge >= 0.3 is 0 Å². The highest BCUT2D eigenvalue weighted by Gasteiger charge is 2.53. The molecule has 2 heterocycles. The molecule has 1 fully saturated rings. The Labute approximate surface area is 132 Å². The molecule has 0 radical (unpaired) electrons. The van der Waals surface area contributed by atoms with Crippen molar-refractivity contribution in [2.45, 2.75) is 90.7 Å². The lowest BCUT2D eigenvalue weighted by molar-refractivity contribution is -0.686. The van der Waals surface area contributed by atoms with Crippen LogP contribution in [0.5, 0.6) is 0 Å². The van der Waals surface area contributed by atoms with Crippen molar-refractivity contribution in [3.63, 3.8) is 0 Å². The second-order valence-electron chi connectivity index (χ2n) is 7.03. The summed E-state index contributed by atoms with van der Waals surface area (Å²) in [5.41, 5.74) is 0.0465. The maximum atomic E-state index is 6.43. The highest BCUT2D eigenvalue weighted by molar-refractivity contribution is 5.56. The van der Waals surface area contributed by atoms with E-state index in [1.807, 2.05) is 0 Å². The molecule has 3 atom stereocenters. The molecule has 2 nitrogen and oxygen atoms in total. The number of piperidine rings is 1. The van der Waals surface area contributed by atoms with E-state index >= 15 is 0 Å². The lowest BCUT2D eigenvalue weighted by atomic mass is 9.75. The van der Waals surface area contributed by atoms with Crippen LogP contribution in [-0.2, 0) is 4.74 Å². The minimum atomic E-state index is 0.0465. The van der Waals surface area contributed by atoms with Gasteiger partial charge in [-0.3, -0.25) is 0 Å². The summed E-state index contributed by atoms with van der Waals surface area (Å²) < 4.78 is 9.04. The normalized spacial score (nSPS) is 32.6. The van der Waals surface area contributed by atoms with Crippen LogP contribution < -0.4 is 0 Å². The van der Waals surface area contributed by atoms with Crippen LogP contribution in [0.4, 0.5) is 0 Å². The van der Waals surface area contributed by atoms with Crippen LogP contribution in [-0.4, -0.2) is 29.7 Å². The van der Waals surface area contributed by atoms with E-state index in [2.05, 4.69) is 31.6 Å². The van der Waals surface area contributed by atoms with E-state index in [9.17, 15) is 0 Å². The van der Waals surface area contributed by atoms with E-state index in [4.69, 9.17) is 4.74 Å². The molecule has 0 saturated carbocycles. The SMILES string of the molecule is CCCCCCC1CC(CC)C=[N+]2CCCCC12OCC. The van der Waals surface area contributed by atoms with Gasteiger partial charge in [-0.25, -0.2) is 4.58 Å². The van der Waals surface area contributed by atoms with E-state index in [1.54, 1.807) is 0 Å². The summed E-state index contributed by atoms with van der Waals surface area (Å²) >= 11 is 0. The van der Waals surface area contributed by atoms with E-state index in [1.165, 1.54) is 70.8 Å². The fraction of sp³-hybridized carbons (Fsp3) is 0.947. The van der Waals surface area contributed by atoms with E-state index in [0.717, 1.165) is 18.4 Å². The van der Waals surface area contributed by atoms with Crippen molar-refractivity contribution in [2.24, 2.45) is 11.8 Å². The zero-order chi connectivity index (χ0) is 15.1. The Kier molecular flexibility index (Phi) is 6.73. The number of ether oxygens (including phenoxy) is 1. The Bertz CT molecular complexity index is 334. The molecular formula is C19H36NO+. The maximum absolute atomic E-state index is 6.43. The summed E-state index contributed by atoms with van der Waals surface area (Å²) in [6, 6.07) is 0. The van der Waals surface area contributed by atoms with E-state index in [-0.39, 0.29) is 5.72 Å². The molecule has 0 aliphatic carbocycles. The molecule has 0 aromatic carbocycles. The van der Waals surface area contributed by atoms with Gasteiger partial charge in [0.25, 0.3) is 5.72 Å². The molecule has 1 saturated heterocycles. The van der Waals surface area contributed by atoms with E-state index < -0.39 is 0 Å². The third kappa shape index (κ3) is 3.88. The summed E-state index contributed by atoms with van der Waals surface area (Å²) in [5.74, 6) is 1.51. The Morgan fingerprint density at radius 2 is 2.00 bits per heavy atom. The number of nitrogens with zero attached hydrogens (tertiary/aromatic N) is 1. The first-order valence-corrected chi connectivity index (χ1v) is 9.52. The van der Waals surface area contributed by atoms with Crippen molar-refractivity contribution in [3.05, 3.63) is 0 Å². The van der Waals surface area contributed by atoms with E-state index in [0.29, 0.717) is 0 Å². The zero-order valence-corrected chi connectivity index (χ0v) is 14.6. The van der Waals surface area contributed by atoms with Gasteiger partial charge in [-0.1, -0.05) is 39.5 Å². The minimum Gasteiger partial charge on any atom is -0.319 e. The molecule has 21 heavy (non-hydrogen) atoms. The Balaban J connectivity index is 2.12. The molecule has 0 N–H and O–H groups in total. The molecule has 2 aliphatic rings. The number of fused-ring (bicyclic) bond motifs is 1. The maximum Gasteiger partial charge on any atom is 0.269 e. The van der Waals surface area contributed by atoms with Gasteiger partial charge in [0.1, 0.15) is 12.8 Å². The van der Waals surface area contributed by atoms with Crippen molar-refractivity contribution >= 4 is 6.21 Å². The van der Waals surface area contributed by atoms with Crippen LogP contribution in [0.25, 0.3) is 0 Å². The first kappa shape index (κ1) is 17.0. The van der Waals surface area contributed by atoms with Crippen molar-refractivity contribution < 1.29 is 9.31 Å². The molecule has 0 amide bonds. The summed E-state index contributed by atoms with van der Waals surface area (Å²) in [4.78, 5) is 0. The molecule has 0 spiro atoms. The molecule has 0 aromatic heterocycles. The summed E-state index contributed by atoms with van der Waals surface area (Å²) in [6.07, 6.45) is 15.9. The lowest BCUT2D eigenvalue weighted by Gasteiger charge is -2.43. The fourth-order valence-electron chi connectivity index (χ4n) is 4.45. The van der Waals surface area contributed by atoms with Crippen LogP contribution in [0.3, 0.4) is 0 Å². The fourth-order valence-corrected chi connectivity index (χ4v) is 4.45. The number of unbranched alkanes of at least 4 members (excludes halogenated alkanes) is 3. The van der Waals surface area contributed by atoms with Gasteiger partial charge in [-0.2, -0.15) is 0 Å². The molecule has 122 valence electrons. The Morgan fingerprint density at radius 3 is 2.71 bits per heavy atom. The molecule has 2 rings (SSSR count). The standard InChI is InChI=1S/C19H36NO/c1-4-7-8-9-12-18-15-17(5-2)16-20-14-11-10-13-19(18,20)21-6-3/h16-18H,4-15H2,1-3H3/q+1. The summed E-state index contributed by atoms with van der Waals surface area (Å²) in [6.45, 7) is 8.87. The van der Waals surface area contributed by atoms with Gasteiger partial charge in [-0.15, -0.1) is 0 Å². The molecular weight excluding hydrogens is 258 g/mol. The third-order valence-corrected chi connectivity index (χ3v) is 5.61. The summed E-state index contributed by atoms with van der Waals surface area (Å²) in [7, 11) is 0. The zero-order valence-electron chi connectivity index (χ0n) is 14.6. The topological polar surface area (TPSA) is 12.2 Å². The number of hydrogen-bond donors (Lipinski definition) is 0. The smallest absolute Gasteiger partial charge is 0.269 e. The lowest BCUT2D eigenvalue weighted by Crippen LogP contribution is -2.57. The van der Waals surface area contributed by atoms with Crippen LogP contribution in [0.1, 0.15) is 85.0 Å². The Morgan fingerprint density at radius 1 is 1.14 bits per heavy atom. The molecule has 2 heteroatoms. The van der Waals surface area contributed by atoms with Gasteiger partial charge in [0.05, 0.1) is 12.5 Å². The number of rotatable bonds is 8. The highest BCUT2D eigenvalue weighted by atomic mass is 16.5. The third-order valence-electron chi connectivity index (χ3n) is 5.61. The highest BCUT2D eigenvalue weighted by Crippen LogP contribution is 2.42. The first-order valence-electron chi connectivity index (χ1n) is 9.52. The molecule has 2 aliphatic heterocycles. The monoisotopic (exact) mass is 294 g/mol. The van der Waals surface area contributed by atoms with Crippen LogP contribution in [0.2, 0.25) is 0 Å². The van der Waals surface area contributed by atoms with Crippen molar-refractivity contribution in [3.8, 4) is 0 Å². The molecule has 3 unspecified atom stereocenters. The van der Waals surface area contributed by atoms with Gasteiger partial charge in [0.15, 0.2) is 0 Å². The average molecular weight is 295 g/mol. The second kappa shape index (κ2) is 8.31.